The maximum Gasteiger partial charge on any atom is 0.256 e. The molecule has 4 aromatic rings. The quantitative estimate of drug-likeness (QED) is 0.488. The first-order valence-corrected chi connectivity index (χ1v) is 9.81. The van der Waals surface area contributed by atoms with Gasteiger partial charge in [-0.25, -0.2) is 13.5 Å². The average molecular weight is 427 g/mol. The van der Waals surface area contributed by atoms with Gasteiger partial charge in [0.05, 0.1) is 34.7 Å². The zero-order valence-corrected chi connectivity index (χ0v) is 16.7. The van der Waals surface area contributed by atoms with Gasteiger partial charge in [-0.05, 0) is 42.5 Å². The van der Waals surface area contributed by atoms with E-state index in [0.717, 1.165) is 0 Å². The molecule has 0 bridgehead atoms. The number of rotatable bonds is 4. The monoisotopic (exact) mass is 427 g/mol. The van der Waals surface area contributed by atoms with Gasteiger partial charge in [-0.2, -0.15) is 10.4 Å². The molecule has 8 heteroatoms. The summed E-state index contributed by atoms with van der Waals surface area (Å²) in [5.74, 6) is -1.24. The minimum atomic E-state index is -0.622. The largest absolute Gasteiger partial charge is 0.328 e. The van der Waals surface area contributed by atoms with Crippen molar-refractivity contribution in [1.82, 2.24) is 19.7 Å². The Morgan fingerprint density at radius 3 is 2.69 bits per heavy atom. The molecule has 2 aromatic carbocycles. The van der Waals surface area contributed by atoms with Crippen molar-refractivity contribution < 1.29 is 13.6 Å². The molecule has 0 spiro atoms. The van der Waals surface area contributed by atoms with Crippen molar-refractivity contribution >= 4 is 5.91 Å². The number of nitrogens with zero attached hydrogens (tertiary/aromatic N) is 5. The molecule has 0 radical (unpaired) electrons. The molecule has 0 N–H and O–H groups in total. The van der Waals surface area contributed by atoms with Gasteiger partial charge in [0.1, 0.15) is 17.7 Å². The third-order valence-corrected chi connectivity index (χ3v) is 5.39. The van der Waals surface area contributed by atoms with E-state index in [1.165, 1.54) is 22.9 Å². The van der Waals surface area contributed by atoms with Crippen molar-refractivity contribution in [3.8, 4) is 23.0 Å². The summed E-state index contributed by atoms with van der Waals surface area (Å²) in [5, 5.41) is 13.2. The van der Waals surface area contributed by atoms with Crippen LogP contribution in [-0.4, -0.2) is 25.6 Å². The lowest BCUT2D eigenvalue weighted by Crippen LogP contribution is -2.23. The smallest absolute Gasteiger partial charge is 0.256 e. The Labute approximate surface area is 182 Å². The van der Waals surface area contributed by atoms with Gasteiger partial charge in [-0.3, -0.25) is 9.78 Å². The standard InChI is InChI=1S/C24H15F2N5O/c25-20-10-15(3-4-16(20)12-27)22-7-9-31(29-22)18-6-5-17(21(26)11-18)13-30-14-23-19(24(30)32)2-1-8-28-23/h1-11H,13-14H2. The Kier molecular flexibility index (Phi) is 4.71. The van der Waals surface area contributed by atoms with Gasteiger partial charge in [-0.1, -0.05) is 12.1 Å². The zero-order valence-electron chi connectivity index (χ0n) is 16.7. The number of amides is 1. The minimum absolute atomic E-state index is 0.0406. The van der Waals surface area contributed by atoms with E-state index in [1.54, 1.807) is 59.8 Å². The van der Waals surface area contributed by atoms with Crippen LogP contribution in [0.2, 0.25) is 0 Å². The van der Waals surface area contributed by atoms with Crippen LogP contribution >= 0.6 is 0 Å². The second-order valence-corrected chi connectivity index (χ2v) is 7.39. The van der Waals surface area contributed by atoms with E-state index in [-0.39, 0.29) is 18.0 Å². The highest BCUT2D eigenvalue weighted by Crippen LogP contribution is 2.25. The molecule has 1 amide bonds. The summed E-state index contributed by atoms with van der Waals surface area (Å²) in [6.07, 6.45) is 3.28. The van der Waals surface area contributed by atoms with Crippen LogP contribution in [0.4, 0.5) is 8.78 Å². The number of fused-ring (bicyclic) bond motifs is 1. The lowest BCUT2D eigenvalue weighted by molar-refractivity contribution is 0.0765. The van der Waals surface area contributed by atoms with Crippen molar-refractivity contribution in [2.45, 2.75) is 13.1 Å². The van der Waals surface area contributed by atoms with Crippen LogP contribution in [0.3, 0.4) is 0 Å². The number of hydrogen-bond acceptors (Lipinski definition) is 4. The van der Waals surface area contributed by atoms with E-state index in [4.69, 9.17) is 5.26 Å². The fourth-order valence-corrected chi connectivity index (χ4v) is 3.71. The van der Waals surface area contributed by atoms with Gasteiger partial charge >= 0.3 is 0 Å². The van der Waals surface area contributed by atoms with Crippen LogP contribution in [0.25, 0.3) is 16.9 Å². The topological polar surface area (TPSA) is 74.8 Å². The molecule has 1 aliphatic rings. The molecular formula is C24H15F2N5O. The highest BCUT2D eigenvalue weighted by molar-refractivity contribution is 5.97. The molecule has 6 nitrogen and oxygen atoms in total. The number of carbonyl (C=O) groups excluding carboxylic acids is 1. The van der Waals surface area contributed by atoms with Crippen molar-refractivity contribution in [3.63, 3.8) is 0 Å². The molecule has 0 aliphatic carbocycles. The highest BCUT2D eigenvalue weighted by Gasteiger charge is 2.28. The number of pyridine rings is 1. The van der Waals surface area contributed by atoms with Crippen LogP contribution < -0.4 is 0 Å². The third kappa shape index (κ3) is 3.40. The van der Waals surface area contributed by atoms with Crippen molar-refractivity contribution in [3.05, 3.63) is 101 Å². The lowest BCUT2D eigenvalue weighted by Gasteiger charge is -2.16. The molecule has 0 unspecified atom stereocenters. The number of nitriles is 1. The molecule has 0 atom stereocenters. The number of aromatic nitrogens is 3. The Balaban J connectivity index is 1.36. The van der Waals surface area contributed by atoms with Crippen LogP contribution in [0, 0.1) is 23.0 Å². The van der Waals surface area contributed by atoms with Gasteiger partial charge in [0, 0.05) is 30.1 Å². The predicted octanol–water partition coefficient (Wildman–Crippen LogP) is 4.24. The zero-order chi connectivity index (χ0) is 22.2. The highest BCUT2D eigenvalue weighted by atomic mass is 19.1. The molecule has 0 saturated heterocycles. The van der Waals surface area contributed by atoms with Crippen molar-refractivity contribution in [2.24, 2.45) is 0 Å². The molecule has 0 fully saturated rings. The van der Waals surface area contributed by atoms with Crippen molar-refractivity contribution in [1.29, 1.82) is 5.26 Å². The molecule has 3 heterocycles. The fraction of sp³-hybridized carbons (Fsp3) is 0.0833. The Morgan fingerprint density at radius 1 is 1.06 bits per heavy atom. The summed E-state index contributed by atoms with van der Waals surface area (Å²) in [6, 6.07) is 15.8. The Hall–Kier alpha value is -4.38. The molecule has 0 saturated carbocycles. The average Bonchev–Trinajstić information content (AvgIpc) is 3.41. The van der Waals surface area contributed by atoms with Gasteiger partial charge in [0.15, 0.2) is 0 Å². The maximum absolute atomic E-state index is 14.8. The van der Waals surface area contributed by atoms with Crippen LogP contribution in [0.5, 0.6) is 0 Å². The van der Waals surface area contributed by atoms with Gasteiger partial charge < -0.3 is 4.90 Å². The summed E-state index contributed by atoms with van der Waals surface area (Å²) in [6.45, 7) is 0.482. The second kappa shape index (κ2) is 7.71. The van der Waals surface area contributed by atoms with Crippen molar-refractivity contribution in [2.75, 3.05) is 0 Å². The van der Waals surface area contributed by atoms with E-state index in [0.29, 0.717) is 40.3 Å². The van der Waals surface area contributed by atoms with Crippen LogP contribution in [0.1, 0.15) is 27.2 Å². The molecule has 32 heavy (non-hydrogen) atoms. The summed E-state index contributed by atoms with van der Waals surface area (Å²) in [5.41, 5.74) is 3.08. The SMILES string of the molecule is N#Cc1ccc(-c2ccn(-c3ccc(CN4Cc5ncccc5C4=O)c(F)c3)n2)cc1F. The maximum atomic E-state index is 14.8. The van der Waals surface area contributed by atoms with E-state index in [1.807, 2.05) is 0 Å². The first-order chi connectivity index (χ1) is 15.5. The number of carbonyl (C=O) groups is 1. The summed E-state index contributed by atoms with van der Waals surface area (Å²) in [4.78, 5) is 18.3. The molecule has 2 aromatic heterocycles. The molecule has 156 valence electrons. The first-order valence-electron chi connectivity index (χ1n) is 9.81. The number of halogens is 2. The van der Waals surface area contributed by atoms with E-state index < -0.39 is 11.6 Å². The molecule has 1 aliphatic heterocycles. The molecule has 5 rings (SSSR count). The van der Waals surface area contributed by atoms with Gasteiger partial charge in [0.25, 0.3) is 5.91 Å². The first kappa shape index (κ1) is 19.6. The third-order valence-electron chi connectivity index (χ3n) is 5.39. The van der Waals surface area contributed by atoms with Crippen LogP contribution in [-0.2, 0) is 13.1 Å². The fourth-order valence-electron chi connectivity index (χ4n) is 3.71. The minimum Gasteiger partial charge on any atom is -0.328 e. The Morgan fingerprint density at radius 2 is 1.94 bits per heavy atom. The molecular weight excluding hydrogens is 412 g/mol. The second-order valence-electron chi connectivity index (χ2n) is 7.39. The van der Waals surface area contributed by atoms with E-state index in [2.05, 4.69) is 10.1 Å². The van der Waals surface area contributed by atoms with Gasteiger partial charge in [-0.15, -0.1) is 0 Å². The Bertz CT molecular complexity index is 1410. The normalized spacial score (nSPS) is 12.7. The van der Waals surface area contributed by atoms with Gasteiger partial charge in [0.2, 0.25) is 0 Å². The summed E-state index contributed by atoms with van der Waals surface area (Å²) >= 11 is 0. The van der Waals surface area contributed by atoms with E-state index >= 15 is 0 Å². The lowest BCUT2D eigenvalue weighted by atomic mass is 10.1. The predicted molar refractivity (Wildman–Crippen MR) is 111 cm³/mol. The summed E-state index contributed by atoms with van der Waals surface area (Å²) in [7, 11) is 0. The number of benzene rings is 2. The summed E-state index contributed by atoms with van der Waals surface area (Å²) < 4.78 is 30.2. The van der Waals surface area contributed by atoms with E-state index in [9.17, 15) is 13.6 Å². The number of hydrogen-bond donors (Lipinski definition) is 0. The van der Waals surface area contributed by atoms with Crippen LogP contribution in [0.15, 0.2) is 67.0 Å².